The van der Waals surface area contributed by atoms with Crippen molar-refractivity contribution in [3.63, 3.8) is 0 Å². The predicted octanol–water partition coefficient (Wildman–Crippen LogP) is 2.98. The van der Waals surface area contributed by atoms with E-state index in [1.54, 1.807) is 0 Å². The highest BCUT2D eigenvalue weighted by molar-refractivity contribution is 6.30. The van der Waals surface area contributed by atoms with Crippen molar-refractivity contribution >= 4 is 34.9 Å². The van der Waals surface area contributed by atoms with E-state index in [0.717, 1.165) is 11.0 Å². The quantitative estimate of drug-likeness (QED) is 0.669. The van der Waals surface area contributed by atoms with Crippen LogP contribution in [0.3, 0.4) is 0 Å². The molecule has 8 heteroatoms. The van der Waals surface area contributed by atoms with Gasteiger partial charge in [-0.05, 0) is 30.3 Å². The molecule has 118 valence electrons. The van der Waals surface area contributed by atoms with Gasteiger partial charge in [0.15, 0.2) is 0 Å². The van der Waals surface area contributed by atoms with E-state index in [9.17, 15) is 19.7 Å². The molecule has 1 amide bonds. The average molecular weight is 335 g/mol. The first-order valence-electron chi connectivity index (χ1n) is 6.42. The van der Waals surface area contributed by atoms with Crippen LogP contribution in [0.15, 0.2) is 48.5 Å². The number of non-ortho nitro benzene ring substituents is 1. The second-order valence-corrected chi connectivity index (χ2v) is 5.01. The smallest absolute Gasteiger partial charge is 0.323 e. The first-order chi connectivity index (χ1) is 10.9. The van der Waals surface area contributed by atoms with E-state index in [1.807, 2.05) is 0 Å². The minimum Gasteiger partial charge on any atom is -0.480 e. The molecule has 0 heterocycles. The summed E-state index contributed by atoms with van der Waals surface area (Å²) in [5, 5.41) is 20.2. The summed E-state index contributed by atoms with van der Waals surface area (Å²) >= 11 is 5.78. The number of nitro benzene ring substituents is 1. The van der Waals surface area contributed by atoms with E-state index in [0.29, 0.717) is 10.7 Å². The summed E-state index contributed by atoms with van der Waals surface area (Å²) in [6.07, 6.45) is 0. The molecule has 0 spiro atoms. The number of rotatable bonds is 5. The third-order valence-electron chi connectivity index (χ3n) is 2.98. The Balaban J connectivity index is 2.40. The number of nitrogens with zero attached hydrogens (tertiary/aromatic N) is 2. The largest absolute Gasteiger partial charge is 0.480 e. The van der Waals surface area contributed by atoms with Crippen molar-refractivity contribution in [2.75, 3.05) is 11.4 Å². The lowest BCUT2D eigenvalue weighted by atomic mass is 10.1. The van der Waals surface area contributed by atoms with Crippen molar-refractivity contribution < 1.29 is 19.6 Å². The molecule has 0 unspecified atom stereocenters. The van der Waals surface area contributed by atoms with Crippen molar-refractivity contribution in [2.45, 2.75) is 0 Å². The number of benzene rings is 2. The van der Waals surface area contributed by atoms with E-state index >= 15 is 0 Å². The van der Waals surface area contributed by atoms with Gasteiger partial charge in [0.2, 0.25) is 0 Å². The Morgan fingerprint density at radius 2 is 1.83 bits per heavy atom. The molecule has 0 saturated carbocycles. The molecule has 0 aliphatic carbocycles. The average Bonchev–Trinajstić information content (AvgIpc) is 2.53. The van der Waals surface area contributed by atoms with Gasteiger partial charge in [-0.3, -0.25) is 24.6 Å². The SMILES string of the molecule is O=C(O)CN(C(=O)c1cccc([N+](=O)[O-])c1)c1ccc(Cl)cc1. The Hall–Kier alpha value is -2.93. The third kappa shape index (κ3) is 4.04. The summed E-state index contributed by atoms with van der Waals surface area (Å²) in [7, 11) is 0. The summed E-state index contributed by atoms with van der Waals surface area (Å²) in [5.41, 5.74) is 0.103. The molecular formula is C15H11ClN2O5. The Bertz CT molecular complexity index is 761. The highest BCUT2D eigenvalue weighted by Gasteiger charge is 2.22. The van der Waals surface area contributed by atoms with Gasteiger partial charge in [0.25, 0.3) is 11.6 Å². The minimum absolute atomic E-state index is 0.0235. The van der Waals surface area contributed by atoms with E-state index < -0.39 is 23.3 Å². The van der Waals surface area contributed by atoms with Crippen molar-refractivity contribution in [3.8, 4) is 0 Å². The van der Waals surface area contributed by atoms with Crippen LogP contribution in [-0.4, -0.2) is 28.5 Å². The maximum Gasteiger partial charge on any atom is 0.323 e. The Kier molecular flexibility index (Phi) is 4.92. The van der Waals surface area contributed by atoms with E-state index in [4.69, 9.17) is 16.7 Å². The fraction of sp³-hybridized carbons (Fsp3) is 0.0667. The Labute approximate surface area is 135 Å². The normalized spacial score (nSPS) is 10.1. The van der Waals surface area contributed by atoms with E-state index in [-0.39, 0.29) is 11.3 Å². The van der Waals surface area contributed by atoms with E-state index in [1.165, 1.54) is 42.5 Å². The Morgan fingerprint density at radius 3 is 2.39 bits per heavy atom. The van der Waals surface area contributed by atoms with Crippen LogP contribution in [0.1, 0.15) is 10.4 Å². The first kappa shape index (κ1) is 16.4. The molecule has 0 aliphatic heterocycles. The van der Waals surface area contributed by atoms with E-state index in [2.05, 4.69) is 0 Å². The molecule has 0 aromatic heterocycles. The molecule has 23 heavy (non-hydrogen) atoms. The molecule has 0 atom stereocenters. The van der Waals surface area contributed by atoms with Gasteiger partial charge < -0.3 is 5.11 Å². The summed E-state index contributed by atoms with van der Waals surface area (Å²) in [6.45, 7) is -0.580. The van der Waals surface area contributed by atoms with Crippen LogP contribution in [0.5, 0.6) is 0 Å². The van der Waals surface area contributed by atoms with Crippen molar-refractivity contribution in [3.05, 3.63) is 69.2 Å². The highest BCUT2D eigenvalue weighted by atomic mass is 35.5. The second kappa shape index (κ2) is 6.89. The fourth-order valence-electron chi connectivity index (χ4n) is 1.94. The third-order valence-corrected chi connectivity index (χ3v) is 3.23. The van der Waals surface area contributed by atoms with Gasteiger partial charge in [-0.15, -0.1) is 0 Å². The highest BCUT2D eigenvalue weighted by Crippen LogP contribution is 2.21. The second-order valence-electron chi connectivity index (χ2n) is 4.57. The van der Waals surface area contributed by atoms with Crippen LogP contribution in [0, 0.1) is 10.1 Å². The molecule has 0 radical (unpaired) electrons. The number of hydrogen-bond acceptors (Lipinski definition) is 4. The molecule has 2 aromatic carbocycles. The zero-order chi connectivity index (χ0) is 17.0. The topological polar surface area (TPSA) is 101 Å². The zero-order valence-electron chi connectivity index (χ0n) is 11.7. The molecule has 2 rings (SSSR count). The van der Waals surface area contributed by atoms with Crippen LogP contribution in [-0.2, 0) is 4.79 Å². The Morgan fingerprint density at radius 1 is 1.17 bits per heavy atom. The van der Waals surface area contributed by atoms with Crippen LogP contribution in [0.2, 0.25) is 5.02 Å². The van der Waals surface area contributed by atoms with Gasteiger partial charge in [-0.1, -0.05) is 17.7 Å². The zero-order valence-corrected chi connectivity index (χ0v) is 12.4. The summed E-state index contributed by atoms with van der Waals surface area (Å²) < 4.78 is 0. The van der Waals surface area contributed by atoms with Gasteiger partial charge in [0, 0.05) is 28.4 Å². The number of anilines is 1. The lowest BCUT2D eigenvalue weighted by Crippen LogP contribution is -2.35. The van der Waals surface area contributed by atoms with Crippen LogP contribution >= 0.6 is 11.6 Å². The standard InChI is InChI=1S/C15H11ClN2O5/c16-11-4-6-12(7-5-11)17(9-14(19)20)15(21)10-2-1-3-13(8-10)18(22)23/h1-8H,9H2,(H,19,20). The van der Waals surface area contributed by atoms with Crippen LogP contribution in [0.25, 0.3) is 0 Å². The molecule has 0 aliphatic rings. The molecule has 0 fully saturated rings. The van der Waals surface area contributed by atoms with Crippen molar-refractivity contribution in [1.82, 2.24) is 0 Å². The predicted molar refractivity (Wildman–Crippen MR) is 83.9 cm³/mol. The molecule has 0 saturated heterocycles. The van der Waals surface area contributed by atoms with Gasteiger partial charge in [0.1, 0.15) is 6.54 Å². The number of amides is 1. The molecule has 1 N–H and O–H groups in total. The van der Waals surface area contributed by atoms with Gasteiger partial charge in [0.05, 0.1) is 4.92 Å². The van der Waals surface area contributed by atoms with Crippen molar-refractivity contribution in [2.24, 2.45) is 0 Å². The van der Waals surface area contributed by atoms with Crippen LogP contribution < -0.4 is 4.90 Å². The van der Waals surface area contributed by atoms with Crippen LogP contribution in [0.4, 0.5) is 11.4 Å². The lowest BCUT2D eigenvalue weighted by Gasteiger charge is -2.21. The number of nitro groups is 1. The summed E-state index contributed by atoms with van der Waals surface area (Å²) in [4.78, 5) is 34.8. The molecule has 0 bridgehead atoms. The summed E-state index contributed by atoms with van der Waals surface area (Å²) in [6, 6.07) is 11.2. The number of carboxylic acids is 1. The first-order valence-corrected chi connectivity index (χ1v) is 6.80. The number of carboxylic acid groups (broad SMARTS) is 1. The minimum atomic E-state index is -1.21. The monoisotopic (exact) mass is 334 g/mol. The van der Waals surface area contributed by atoms with Gasteiger partial charge in [-0.2, -0.15) is 0 Å². The number of aliphatic carboxylic acids is 1. The lowest BCUT2D eigenvalue weighted by molar-refractivity contribution is -0.384. The molecule has 7 nitrogen and oxygen atoms in total. The number of carbonyl (C=O) groups is 2. The number of halogens is 1. The molecular weight excluding hydrogens is 324 g/mol. The maximum absolute atomic E-state index is 12.5. The van der Waals surface area contributed by atoms with Crippen molar-refractivity contribution in [1.29, 1.82) is 0 Å². The van der Waals surface area contributed by atoms with Gasteiger partial charge >= 0.3 is 5.97 Å². The fourth-order valence-corrected chi connectivity index (χ4v) is 2.07. The number of hydrogen-bond donors (Lipinski definition) is 1. The maximum atomic E-state index is 12.5. The summed E-state index contributed by atoms with van der Waals surface area (Å²) in [5.74, 6) is -1.86. The van der Waals surface area contributed by atoms with Gasteiger partial charge in [-0.25, -0.2) is 0 Å². The number of carbonyl (C=O) groups excluding carboxylic acids is 1. The molecule has 2 aromatic rings.